The van der Waals surface area contributed by atoms with E-state index in [-0.39, 0.29) is 0 Å². The molecule has 2 rings (SSSR count). The molecule has 0 radical (unpaired) electrons. The Labute approximate surface area is 91.5 Å². The molecule has 0 spiro atoms. The fraction of sp³-hybridized carbons (Fsp3) is 0.0714. The van der Waals surface area contributed by atoms with Crippen molar-refractivity contribution in [3.8, 4) is 0 Å². The summed E-state index contributed by atoms with van der Waals surface area (Å²) in [6.45, 7) is 2.03. The molecule has 0 bridgehead atoms. The fourth-order valence-corrected chi connectivity index (χ4v) is 1.26. The fourth-order valence-electron chi connectivity index (χ4n) is 1.26. The Balaban J connectivity index is 2.28. The van der Waals surface area contributed by atoms with E-state index in [0.717, 1.165) is 11.3 Å². The summed E-state index contributed by atoms with van der Waals surface area (Å²) in [5, 5.41) is 0. The second-order valence-electron chi connectivity index (χ2n) is 3.43. The first-order valence-electron chi connectivity index (χ1n) is 5.43. The van der Waals surface area contributed by atoms with Crippen LogP contribution in [0.1, 0.15) is 12.5 Å². The van der Waals surface area contributed by atoms with E-state index in [4.69, 9.17) is 1.37 Å². The number of aryl methyl sites for hydroxylation is 1. The van der Waals surface area contributed by atoms with E-state index in [0.29, 0.717) is 6.19 Å². The minimum Gasteiger partial charge on any atom is -0.256 e. The molecular formula is C14H13N. The van der Waals surface area contributed by atoms with E-state index in [1.165, 1.54) is 5.56 Å². The van der Waals surface area contributed by atoms with E-state index in [1.807, 2.05) is 61.5 Å². The minimum atomic E-state index is 0.296. The standard InChI is InChI=1S/C14H13N/c1-12-7-9-14(10-8-12)15-11-13-5-3-2-4-6-13/h2-11H,1H3/i11D. The summed E-state index contributed by atoms with van der Waals surface area (Å²) in [5.41, 5.74) is 2.85. The van der Waals surface area contributed by atoms with E-state index in [9.17, 15) is 0 Å². The molecule has 0 atom stereocenters. The molecule has 0 aliphatic rings. The van der Waals surface area contributed by atoms with Gasteiger partial charge in [0.1, 0.15) is 0 Å². The van der Waals surface area contributed by atoms with Crippen LogP contribution in [0.5, 0.6) is 0 Å². The van der Waals surface area contributed by atoms with Gasteiger partial charge in [-0.3, -0.25) is 4.99 Å². The van der Waals surface area contributed by atoms with Crippen molar-refractivity contribution in [1.29, 1.82) is 0 Å². The maximum Gasteiger partial charge on any atom is 0.0847 e. The number of nitrogens with zero attached hydrogens (tertiary/aromatic N) is 1. The molecule has 0 amide bonds. The monoisotopic (exact) mass is 196 g/mol. The van der Waals surface area contributed by atoms with Crippen molar-refractivity contribution in [2.45, 2.75) is 6.92 Å². The van der Waals surface area contributed by atoms with Crippen LogP contribution >= 0.6 is 0 Å². The third-order valence-corrected chi connectivity index (χ3v) is 2.12. The predicted octanol–water partition coefficient (Wildman–Crippen LogP) is 3.75. The molecule has 1 heteroatoms. The Morgan fingerprint density at radius 1 is 1.00 bits per heavy atom. The van der Waals surface area contributed by atoms with Crippen LogP contribution in [0.4, 0.5) is 5.69 Å². The highest BCUT2D eigenvalue weighted by atomic mass is 14.7. The second-order valence-corrected chi connectivity index (χ2v) is 3.43. The topological polar surface area (TPSA) is 12.4 Å². The van der Waals surface area contributed by atoms with Gasteiger partial charge in [0.15, 0.2) is 0 Å². The molecule has 0 aliphatic carbocycles. The van der Waals surface area contributed by atoms with Gasteiger partial charge in [0, 0.05) is 6.19 Å². The van der Waals surface area contributed by atoms with Gasteiger partial charge in [-0.25, -0.2) is 0 Å². The maximum absolute atomic E-state index is 7.85. The largest absolute Gasteiger partial charge is 0.256 e. The molecule has 0 fully saturated rings. The Morgan fingerprint density at radius 3 is 2.33 bits per heavy atom. The quantitative estimate of drug-likeness (QED) is 0.649. The van der Waals surface area contributed by atoms with Crippen LogP contribution in [-0.2, 0) is 0 Å². The molecule has 0 aliphatic heterocycles. The van der Waals surface area contributed by atoms with E-state index >= 15 is 0 Å². The van der Waals surface area contributed by atoms with Crippen LogP contribution in [0, 0.1) is 6.92 Å². The molecule has 1 nitrogen and oxygen atoms in total. The van der Waals surface area contributed by atoms with Gasteiger partial charge in [-0.05, 0) is 24.6 Å². The average Bonchev–Trinajstić information content (AvgIpc) is 2.33. The lowest BCUT2D eigenvalue weighted by Gasteiger charge is -1.94. The molecule has 0 aromatic heterocycles. The molecule has 0 N–H and O–H groups in total. The highest BCUT2D eigenvalue weighted by Crippen LogP contribution is 2.12. The van der Waals surface area contributed by atoms with Crippen molar-refractivity contribution in [2.24, 2.45) is 4.99 Å². The summed E-state index contributed by atoms with van der Waals surface area (Å²) < 4.78 is 7.85. The molecule has 2 aromatic carbocycles. The van der Waals surface area contributed by atoms with Gasteiger partial charge in [0.25, 0.3) is 0 Å². The Hall–Kier alpha value is -1.89. The number of aliphatic imine (C=N–C) groups is 1. The lowest BCUT2D eigenvalue weighted by molar-refractivity contribution is 1.44. The van der Waals surface area contributed by atoms with Gasteiger partial charge < -0.3 is 0 Å². The number of rotatable bonds is 2. The van der Waals surface area contributed by atoms with Gasteiger partial charge in [0.05, 0.1) is 7.06 Å². The smallest absolute Gasteiger partial charge is 0.0847 e. The van der Waals surface area contributed by atoms with Crippen LogP contribution in [0.3, 0.4) is 0 Å². The van der Waals surface area contributed by atoms with E-state index < -0.39 is 0 Å². The Kier molecular flexibility index (Phi) is 2.56. The lowest BCUT2D eigenvalue weighted by Crippen LogP contribution is -1.77. The maximum atomic E-state index is 7.85. The summed E-state index contributed by atoms with van der Waals surface area (Å²) in [6, 6.07) is 17.4. The van der Waals surface area contributed by atoms with E-state index in [2.05, 4.69) is 4.99 Å². The Bertz CT molecular complexity index is 486. The van der Waals surface area contributed by atoms with Crippen molar-refractivity contribution in [2.75, 3.05) is 0 Å². The summed E-state index contributed by atoms with van der Waals surface area (Å²) >= 11 is 0. The van der Waals surface area contributed by atoms with Crippen LogP contribution in [0.15, 0.2) is 59.6 Å². The van der Waals surface area contributed by atoms with Crippen LogP contribution in [0.25, 0.3) is 0 Å². The molecule has 0 saturated heterocycles. The first kappa shape index (κ1) is 8.42. The van der Waals surface area contributed by atoms with E-state index in [1.54, 1.807) is 0 Å². The van der Waals surface area contributed by atoms with Crippen molar-refractivity contribution < 1.29 is 1.37 Å². The van der Waals surface area contributed by atoms with Crippen molar-refractivity contribution in [3.63, 3.8) is 0 Å². The van der Waals surface area contributed by atoms with Gasteiger partial charge >= 0.3 is 0 Å². The summed E-state index contributed by atoms with van der Waals surface area (Å²) in [6.07, 6.45) is 0.296. The normalized spacial score (nSPS) is 12.3. The van der Waals surface area contributed by atoms with Crippen LogP contribution < -0.4 is 0 Å². The van der Waals surface area contributed by atoms with Gasteiger partial charge in [-0.2, -0.15) is 0 Å². The van der Waals surface area contributed by atoms with Gasteiger partial charge in [0.2, 0.25) is 0 Å². The molecule has 2 aromatic rings. The number of hydrogen-bond donors (Lipinski definition) is 0. The van der Waals surface area contributed by atoms with Crippen LogP contribution in [0.2, 0.25) is 0 Å². The second kappa shape index (κ2) is 4.56. The Morgan fingerprint density at radius 2 is 1.67 bits per heavy atom. The first-order chi connectivity index (χ1) is 7.75. The summed E-state index contributed by atoms with van der Waals surface area (Å²) in [7, 11) is 0. The molecular weight excluding hydrogens is 182 g/mol. The zero-order valence-corrected chi connectivity index (χ0v) is 8.64. The molecule has 15 heavy (non-hydrogen) atoms. The van der Waals surface area contributed by atoms with Crippen molar-refractivity contribution in [1.82, 2.24) is 0 Å². The lowest BCUT2D eigenvalue weighted by atomic mass is 10.2. The molecule has 0 heterocycles. The van der Waals surface area contributed by atoms with Crippen molar-refractivity contribution in [3.05, 3.63) is 65.7 Å². The van der Waals surface area contributed by atoms with Crippen molar-refractivity contribution >= 4 is 11.9 Å². The van der Waals surface area contributed by atoms with Gasteiger partial charge in [-0.15, -0.1) is 0 Å². The number of hydrogen-bond acceptors (Lipinski definition) is 1. The number of benzene rings is 2. The zero-order chi connectivity index (χ0) is 11.4. The highest BCUT2D eigenvalue weighted by molar-refractivity contribution is 5.81. The first-order valence-corrected chi connectivity index (χ1v) is 4.93. The minimum absolute atomic E-state index is 0.296. The average molecular weight is 196 g/mol. The third kappa shape index (κ3) is 2.78. The molecule has 74 valence electrons. The predicted molar refractivity (Wildman–Crippen MR) is 64.9 cm³/mol. The third-order valence-electron chi connectivity index (χ3n) is 2.12. The van der Waals surface area contributed by atoms with Crippen LogP contribution in [-0.4, -0.2) is 6.19 Å². The van der Waals surface area contributed by atoms with Gasteiger partial charge in [-0.1, -0.05) is 48.0 Å². The SMILES string of the molecule is [2H]C(=Nc1ccc(C)cc1)c1ccccc1. The zero-order valence-electron chi connectivity index (χ0n) is 9.64. The summed E-state index contributed by atoms with van der Waals surface area (Å²) in [5.74, 6) is 0. The molecule has 0 unspecified atom stereocenters. The summed E-state index contributed by atoms with van der Waals surface area (Å²) in [4.78, 5) is 4.25. The molecule has 0 saturated carbocycles. The highest BCUT2D eigenvalue weighted by Gasteiger charge is 1.87.